The van der Waals surface area contributed by atoms with Gasteiger partial charge in [-0.1, -0.05) is 23.7 Å². The van der Waals surface area contributed by atoms with Crippen molar-refractivity contribution in [3.63, 3.8) is 0 Å². The molecular weight excluding hydrogens is 454 g/mol. The van der Waals surface area contributed by atoms with Gasteiger partial charge in [0.15, 0.2) is 0 Å². The Kier molecular flexibility index (Phi) is 7.16. The number of nitrogens with zero attached hydrogens (tertiary/aromatic N) is 2. The molecule has 0 aromatic heterocycles. The van der Waals surface area contributed by atoms with E-state index in [0.29, 0.717) is 17.1 Å². The number of benzene rings is 3. The molecule has 168 valence electrons. The largest absolute Gasteiger partial charge is 0.497 e. The van der Waals surface area contributed by atoms with Gasteiger partial charge in [-0.2, -0.15) is 0 Å². The Bertz CT molecular complexity index is 1250. The van der Waals surface area contributed by atoms with E-state index < -0.39 is 0 Å². The minimum atomic E-state index is -0.102. The topological polar surface area (TPSA) is 63.1 Å². The third-order valence-electron chi connectivity index (χ3n) is 5.31. The lowest BCUT2D eigenvalue weighted by molar-refractivity contribution is -0.113. The highest BCUT2D eigenvalue weighted by molar-refractivity contribution is 8.14. The number of fused-ring (bicyclic) bond motifs is 1. The third-order valence-corrected chi connectivity index (χ3v) is 6.54. The van der Waals surface area contributed by atoms with E-state index in [4.69, 9.17) is 26.3 Å². The summed E-state index contributed by atoms with van der Waals surface area (Å²) in [5, 5.41) is 4.36. The Balaban J connectivity index is 1.59. The normalized spacial score (nSPS) is 12.8. The van der Waals surface area contributed by atoms with Crippen molar-refractivity contribution in [2.24, 2.45) is 9.98 Å². The van der Waals surface area contributed by atoms with Crippen LogP contribution in [0.3, 0.4) is 0 Å². The van der Waals surface area contributed by atoms with Crippen LogP contribution in [-0.4, -0.2) is 29.5 Å². The van der Waals surface area contributed by atoms with Gasteiger partial charge >= 0.3 is 0 Å². The van der Waals surface area contributed by atoms with E-state index in [9.17, 15) is 4.79 Å². The second-order valence-electron chi connectivity index (χ2n) is 7.74. The van der Waals surface area contributed by atoms with Crippen LogP contribution in [0.1, 0.15) is 23.1 Å². The van der Waals surface area contributed by atoms with E-state index in [-0.39, 0.29) is 11.7 Å². The summed E-state index contributed by atoms with van der Waals surface area (Å²) in [6, 6.07) is 19.0. The predicted octanol–water partition coefficient (Wildman–Crippen LogP) is 6.89. The summed E-state index contributed by atoms with van der Waals surface area (Å²) in [6.07, 6.45) is 0.527. The smallest absolute Gasteiger partial charge is 0.234 e. The Morgan fingerprint density at radius 1 is 1.03 bits per heavy atom. The second kappa shape index (κ2) is 10.2. The zero-order chi connectivity index (χ0) is 23.4. The number of hydrogen-bond donors (Lipinski definition) is 1. The zero-order valence-electron chi connectivity index (χ0n) is 18.7. The first-order valence-corrected chi connectivity index (χ1v) is 11.9. The Hall–Kier alpha value is -3.09. The van der Waals surface area contributed by atoms with Crippen LogP contribution in [0.4, 0.5) is 17.1 Å². The summed E-state index contributed by atoms with van der Waals surface area (Å²) in [7, 11) is 1.65. The fourth-order valence-electron chi connectivity index (χ4n) is 3.40. The maximum atomic E-state index is 12.5. The molecule has 7 heteroatoms. The molecule has 5 nitrogen and oxygen atoms in total. The molecular formula is C26H24ClN3O2S. The van der Waals surface area contributed by atoms with Gasteiger partial charge in [0.2, 0.25) is 5.91 Å². The fourth-order valence-corrected chi connectivity index (χ4v) is 4.30. The predicted molar refractivity (Wildman–Crippen MR) is 139 cm³/mol. The standard InChI is InChI=1S/C26H24ClN3O2S/c1-16-11-23-24(12-17(16)2)30-26(14-22(29-23)18-5-4-6-21(13-18)32-3)33-15-25(31)28-20-9-7-19(27)8-10-20/h4-13H,14-15H2,1-3H3,(H,28,31). The molecule has 1 aliphatic heterocycles. The number of nitrogens with one attached hydrogen (secondary N) is 1. The number of carbonyl (C=O) groups is 1. The van der Waals surface area contributed by atoms with Gasteiger partial charge in [-0.25, -0.2) is 4.99 Å². The van der Waals surface area contributed by atoms with Crippen LogP contribution >= 0.6 is 23.4 Å². The Morgan fingerprint density at radius 2 is 1.73 bits per heavy atom. The van der Waals surface area contributed by atoms with Crippen LogP contribution in [0, 0.1) is 13.8 Å². The summed E-state index contributed by atoms with van der Waals surface area (Å²) < 4.78 is 5.40. The van der Waals surface area contributed by atoms with Crippen LogP contribution in [0.5, 0.6) is 5.75 Å². The van der Waals surface area contributed by atoms with Gasteiger partial charge in [0.1, 0.15) is 5.75 Å². The van der Waals surface area contributed by atoms with Crippen LogP contribution in [-0.2, 0) is 4.79 Å². The molecule has 0 bridgehead atoms. The number of thioether (sulfide) groups is 1. The quantitative estimate of drug-likeness (QED) is 0.435. The summed E-state index contributed by atoms with van der Waals surface area (Å²) in [5.74, 6) is 0.912. The number of aryl methyl sites for hydroxylation is 2. The maximum Gasteiger partial charge on any atom is 0.234 e. The van der Waals surface area contributed by atoms with Crippen LogP contribution in [0.2, 0.25) is 5.02 Å². The fraction of sp³-hybridized carbons (Fsp3) is 0.192. The number of rotatable bonds is 5. The number of methoxy groups -OCH3 is 1. The average molecular weight is 478 g/mol. The molecule has 0 aliphatic carbocycles. The first-order valence-electron chi connectivity index (χ1n) is 10.5. The summed E-state index contributed by atoms with van der Waals surface area (Å²) >= 11 is 7.34. The number of carbonyl (C=O) groups excluding carboxylic acids is 1. The maximum absolute atomic E-state index is 12.5. The molecule has 0 atom stereocenters. The Labute approximate surface area is 203 Å². The molecule has 1 amide bonds. The lowest BCUT2D eigenvalue weighted by atomic mass is 10.1. The molecule has 0 spiro atoms. The van der Waals surface area contributed by atoms with Crippen molar-refractivity contribution in [2.75, 3.05) is 18.2 Å². The molecule has 3 aromatic rings. The highest BCUT2D eigenvalue weighted by Crippen LogP contribution is 2.36. The van der Waals surface area contributed by atoms with Gasteiger partial charge < -0.3 is 10.1 Å². The van der Waals surface area contributed by atoms with Crippen LogP contribution in [0.25, 0.3) is 0 Å². The molecule has 0 fully saturated rings. The lowest BCUT2D eigenvalue weighted by Gasteiger charge is -2.09. The van der Waals surface area contributed by atoms with Crippen LogP contribution < -0.4 is 10.1 Å². The zero-order valence-corrected chi connectivity index (χ0v) is 20.3. The number of halogens is 1. The van der Waals surface area contributed by atoms with Crippen molar-refractivity contribution in [3.8, 4) is 5.75 Å². The highest BCUT2D eigenvalue weighted by atomic mass is 35.5. The monoisotopic (exact) mass is 477 g/mol. The van der Waals surface area contributed by atoms with Crippen molar-refractivity contribution in [2.45, 2.75) is 20.3 Å². The van der Waals surface area contributed by atoms with E-state index in [0.717, 1.165) is 44.6 Å². The van der Waals surface area contributed by atoms with Gasteiger partial charge in [-0.3, -0.25) is 9.79 Å². The summed E-state index contributed by atoms with van der Waals surface area (Å²) in [4.78, 5) is 22.4. The van der Waals surface area contributed by atoms with Gasteiger partial charge in [0.05, 0.1) is 35.0 Å². The minimum absolute atomic E-state index is 0.102. The second-order valence-corrected chi connectivity index (χ2v) is 9.23. The molecule has 0 saturated heterocycles. The van der Waals surface area contributed by atoms with Crippen molar-refractivity contribution in [3.05, 3.63) is 82.4 Å². The SMILES string of the molecule is COc1cccc(C2=Nc3cc(C)c(C)cc3N=C(SCC(=O)Nc3ccc(Cl)cc3)C2)c1. The van der Waals surface area contributed by atoms with Crippen molar-refractivity contribution >= 4 is 57.1 Å². The van der Waals surface area contributed by atoms with Crippen molar-refractivity contribution < 1.29 is 9.53 Å². The van der Waals surface area contributed by atoms with Gasteiger partial charge in [0.25, 0.3) is 0 Å². The van der Waals surface area contributed by atoms with Gasteiger partial charge in [-0.15, -0.1) is 11.8 Å². The molecule has 1 heterocycles. The van der Waals surface area contributed by atoms with E-state index in [1.165, 1.54) is 11.8 Å². The van der Waals surface area contributed by atoms with E-state index >= 15 is 0 Å². The number of ether oxygens (including phenoxy) is 1. The van der Waals surface area contributed by atoms with E-state index in [1.54, 1.807) is 31.4 Å². The number of hydrogen-bond acceptors (Lipinski definition) is 5. The molecule has 0 radical (unpaired) electrons. The number of aliphatic imine (C=N–C) groups is 2. The molecule has 4 rings (SSSR count). The third kappa shape index (κ3) is 5.83. The summed E-state index contributed by atoms with van der Waals surface area (Å²) in [6.45, 7) is 4.14. The molecule has 0 unspecified atom stereocenters. The molecule has 1 aliphatic rings. The van der Waals surface area contributed by atoms with Crippen molar-refractivity contribution in [1.29, 1.82) is 0 Å². The molecule has 0 saturated carbocycles. The van der Waals surface area contributed by atoms with Gasteiger partial charge in [-0.05, 0) is 73.5 Å². The van der Waals surface area contributed by atoms with Crippen LogP contribution in [0.15, 0.2) is 70.6 Å². The first-order chi connectivity index (χ1) is 15.9. The van der Waals surface area contributed by atoms with E-state index in [1.807, 2.05) is 24.3 Å². The minimum Gasteiger partial charge on any atom is -0.497 e. The Morgan fingerprint density at radius 3 is 2.42 bits per heavy atom. The average Bonchev–Trinajstić information content (AvgIpc) is 2.98. The number of amides is 1. The van der Waals surface area contributed by atoms with E-state index in [2.05, 4.69) is 31.3 Å². The molecule has 1 N–H and O–H groups in total. The molecule has 3 aromatic carbocycles. The van der Waals surface area contributed by atoms with Gasteiger partial charge in [0, 0.05) is 22.7 Å². The molecule has 33 heavy (non-hydrogen) atoms. The number of anilines is 1. The lowest BCUT2D eigenvalue weighted by Crippen LogP contribution is -2.16. The first kappa shape index (κ1) is 23.1. The van der Waals surface area contributed by atoms with Crippen molar-refractivity contribution in [1.82, 2.24) is 0 Å². The highest BCUT2D eigenvalue weighted by Gasteiger charge is 2.18. The summed E-state index contributed by atoms with van der Waals surface area (Å²) in [5.41, 5.74) is 6.54.